The summed E-state index contributed by atoms with van der Waals surface area (Å²) in [4.78, 5) is 2.58. The molecule has 2 atom stereocenters. The Kier molecular flexibility index (Phi) is 7.96. The second kappa shape index (κ2) is 8.93. The van der Waals surface area contributed by atoms with E-state index in [1.807, 2.05) is 7.11 Å². The van der Waals surface area contributed by atoms with E-state index in [-0.39, 0.29) is 5.60 Å². The molecule has 1 N–H and O–H groups in total. The monoisotopic (exact) mass is 270 g/mol. The maximum absolute atomic E-state index is 5.65. The van der Waals surface area contributed by atoms with Crippen LogP contribution in [0.5, 0.6) is 0 Å². The molecule has 0 aliphatic carbocycles. The highest BCUT2D eigenvalue weighted by molar-refractivity contribution is 4.84. The smallest absolute Gasteiger partial charge is 0.0777 e. The number of nitrogens with one attached hydrogen (secondary N) is 1. The van der Waals surface area contributed by atoms with Crippen molar-refractivity contribution in [2.45, 2.75) is 70.9 Å². The summed E-state index contributed by atoms with van der Waals surface area (Å²) in [5.41, 5.74) is 0.0915. The van der Waals surface area contributed by atoms with Crippen LogP contribution >= 0.6 is 0 Å². The number of unbranched alkanes of at least 4 members (excludes halogenated alkanes) is 1. The van der Waals surface area contributed by atoms with E-state index in [1.165, 1.54) is 51.6 Å². The van der Waals surface area contributed by atoms with Crippen molar-refractivity contribution in [1.82, 2.24) is 10.2 Å². The van der Waals surface area contributed by atoms with Crippen molar-refractivity contribution in [2.24, 2.45) is 0 Å². The number of hydrogen-bond donors (Lipinski definition) is 1. The second-order valence-electron chi connectivity index (χ2n) is 6.38. The van der Waals surface area contributed by atoms with Gasteiger partial charge in [0.2, 0.25) is 0 Å². The zero-order valence-corrected chi connectivity index (χ0v) is 13.5. The number of nitrogens with zero attached hydrogens (tertiary/aromatic N) is 1. The van der Waals surface area contributed by atoms with Gasteiger partial charge in [0.15, 0.2) is 0 Å². The topological polar surface area (TPSA) is 24.5 Å². The second-order valence-corrected chi connectivity index (χ2v) is 6.38. The quantitative estimate of drug-likeness (QED) is 0.652. The number of piperidine rings is 1. The predicted molar refractivity (Wildman–Crippen MR) is 82.7 cm³/mol. The normalized spacial score (nSPS) is 26.5. The lowest BCUT2D eigenvalue weighted by molar-refractivity contribution is -0.0508. The van der Waals surface area contributed by atoms with Crippen molar-refractivity contribution < 1.29 is 4.74 Å². The van der Waals surface area contributed by atoms with Crippen LogP contribution in [0, 0.1) is 0 Å². The average Bonchev–Trinajstić information content (AvgIpc) is 2.41. The van der Waals surface area contributed by atoms with Crippen LogP contribution in [-0.4, -0.2) is 49.8 Å². The fourth-order valence-corrected chi connectivity index (χ4v) is 2.94. The first-order chi connectivity index (χ1) is 9.09. The van der Waals surface area contributed by atoms with Crippen molar-refractivity contribution in [3.63, 3.8) is 0 Å². The van der Waals surface area contributed by atoms with Gasteiger partial charge in [-0.2, -0.15) is 0 Å². The van der Waals surface area contributed by atoms with E-state index in [1.54, 1.807) is 0 Å². The third-order valence-corrected chi connectivity index (χ3v) is 4.34. The van der Waals surface area contributed by atoms with Crippen LogP contribution in [0.25, 0.3) is 0 Å². The molecular weight excluding hydrogens is 236 g/mol. The van der Waals surface area contributed by atoms with Gasteiger partial charge in [0.1, 0.15) is 0 Å². The van der Waals surface area contributed by atoms with Crippen molar-refractivity contribution in [2.75, 3.05) is 33.3 Å². The first-order valence-corrected chi connectivity index (χ1v) is 8.10. The summed E-state index contributed by atoms with van der Waals surface area (Å²) in [7, 11) is 1.85. The molecule has 1 rings (SSSR count). The van der Waals surface area contributed by atoms with Crippen LogP contribution in [0.4, 0.5) is 0 Å². The lowest BCUT2D eigenvalue weighted by Gasteiger charge is -2.39. The zero-order valence-electron chi connectivity index (χ0n) is 13.5. The van der Waals surface area contributed by atoms with Crippen LogP contribution in [0.2, 0.25) is 0 Å². The summed E-state index contributed by atoms with van der Waals surface area (Å²) in [6, 6.07) is 0.672. The maximum atomic E-state index is 5.65. The Morgan fingerprint density at radius 2 is 2.16 bits per heavy atom. The van der Waals surface area contributed by atoms with Crippen LogP contribution in [0.15, 0.2) is 0 Å². The molecule has 19 heavy (non-hydrogen) atoms. The molecule has 0 spiro atoms. The van der Waals surface area contributed by atoms with E-state index in [2.05, 4.69) is 31.0 Å². The van der Waals surface area contributed by atoms with E-state index in [9.17, 15) is 0 Å². The first kappa shape index (κ1) is 16.9. The molecule has 0 bridgehead atoms. The molecule has 1 aliphatic heterocycles. The molecule has 1 aliphatic rings. The van der Waals surface area contributed by atoms with Gasteiger partial charge < -0.3 is 15.0 Å². The third kappa shape index (κ3) is 6.73. The van der Waals surface area contributed by atoms with Gasteiger partial charge in [0, 0.05) is 19.7 Å². The SMILES string of the molecule is CCCNC(C)CCCCN1CCCC(C)(OC)C1. The molecule has 0 saturated carbocycles. The molecule has 1 heterocycles. The van der Waals surface area contributed by atoms with Crippen LogP contribution in [0.1, 0.15) is 59.3 Å². The minimum atomic E-state index is 0.0915. The highest BCUT2D eigenvalue weighted by Crippen LogP contribution is 2.23. The fourth-order valence-electron chi connectivity index (χ4n) is 2.94. The van der Waals surface area contributed by atoms with Gasteiger partial charge in [-0.25, -0.2) is 0 Å². The molecule has 0 aromatic carbocycles. The Morgan fingerprint density at radius 3 is 2.84 bits per heavy atom. The van der Waals surface area contributed by atoms with Crippen molar-refractivity contribution >= 4 is 0 Å². The van der Waals surface area contributed by atoms with E-state index < -0.39 is 0 Å². The molecule has 0 aromatic heterocycles. The molecular formula is C16H34N2O. The maximum Gasteiger partial charge on any atom is 0.0777 e. The number of rotatable bonds is 9. The molecule has 0 amide bonds. The van der Waals surface area contributed by atoms with E-state index >= 15 is 0 Å². The summed E-state index contributed by atoms with van der Waals surface area (Å²) < 4.78 is 5.65. The molecule has 2 unspecified atom stereocenters. The third-order valence-electron chi connectivity index (χ3n) is 4.34. The molecule has 3 nitrogen and oxygen atoms in total. The predicted octanol–water partition coefficient (Wildman–Crippen LogP) is 3.05. The van der Waals surface area contributed by atoms with E-state index in [4.69, 9.17) is 4.74 Å². The number of ether oxygens (including phenoxy) is 1. The Bertz CT molecular complexity index is 235. The minimum absolute atomic E-state index is 0.0915. The van der Waals surface area contributed by atoms with Gasteiger partial charge in [-0.15, -0.1) is 0 Å². The summed E-state index contributed by atoms with van der Waals surface area (Å²) in [6.45, 7) is 11.5. The highest BCUT2D eigenvalue weighted by Gasteiger charge is 2.30. The zero-order chi connectivity index (χ0) is 14.1. The summed E-state index contributed by atoms with van der Waals surface area (Å²) in [6.07, 6.45) is 7.66. The number of likely N-dealkylation sites (tertiary alicyclic amines) is 1. The van der Waals surface area contributed by atoms with Crippen molar-refractivity contribution in [3.8, 4) is 0 Å². The molecule has 1 saturated heterocycles. The van der Waals surface area contributed by atoms with Gasteiger partial charge in [-0.05, 0) is 65.6 Å². The highest BCUT2D eigenvalue weighted by atomic mass is 16.5. The van der Waals surface area contributed by atoms with Crippen molar-refractivity contribution in [3.05, 3.63) is 0 Å². The number of methoxy groups -OCH3 is 1. The van der Waals surface area contributed by atoms with Gasteiger partial charge in [-0.1, -0.05) is 13.3 Å². The number of hydrogen-bond acceptors (Lipinski definition) is 3. The fraction of sp³-hybridized carbons (Fsp3) is 1.00. The molecule has 1 fully saturated rings. The van der Waals surface area contributed by atoms with Crippen LogP contribution in [-0.2, 0) is 4.74 Å². The minimum Gasteiger partial charge on any atom is -0.377 e. The summed E-state index contributed by atoms with van der Waals surface area (Å²) >= 11 is 0. The van der Waals surface area contributed by atoms with Gasteiger partial charge >= 0.3 is 0 Å². The lowest BCUT2D eigenvalue weighted by Crippen LogP contribution is -2.47. The van der Waals surface area contributed by atoms with E-state index in [0.717, 1.165) is 13.1 Å². The Balaban J connectivity index is 2.09. The first-order valence-electron chi connectivity index (χ1n) is 8.10. The van der Waals surface area contributed by atoms with E-state index in [0.29, 0.717) is 6.04 Å². The summed E-state index contributed by atoms with van der Waals surface area (Å²) in [5, 5.41) is 3.56. The standard InChI is InChI=1S/C16H34N2O/c1-5-11-17-15(2)9-6-7-12-18-13-8-10-16(3,14-18)19-4/h15,17H,5-14H2,1-4H3. The average molecular weight is 270 g/mol. The Labute approximate surface area is 120 Å². The largest absolute Gasteiger partial charge is 0.377 e. The summed E-state index contributed by atoms with van der Waals surface area (Å²) in [5.74, 6) is 0. The molecule has 0 radical (unpaired) electrons. The Hall–Kier alpha value is -0.120. The van der Waals surface area contributed by atoms with Crippen LogP contribution < -0.4 is 5.32 Å². The molecule has 0 aromatic rings. The van der Waals surface area contributed by atoms with Gasteiger partial charge in [0.05, 0.1) is 5.60 Å². The Morgan fingerprint density at radius 1 is 1.37 bits per heavy atom. The van der Waals surface area contributed by atoms with Gasteiger partial charge in [-0.3, -0.25) is 0 Å². The lowest BCUT2D eigenvalue weighted by atomic mass is 9.94. The molecule has 114 valence electrons. The molecule has 3 heteroatoms. The van der Waals surface area contributed by atoms with Crippen LogP contribution in [0.3, 0.4) is 0 Å². The van der Waals surface area contributed by atoms with Gasteiger partial charge in [0.25, 0.3) is 0 Å². The van der Waals surface area contributed by atoms with Crippen molar-refractivity contribution in [1.29, 1.82) is 0 Å².